The van der Waals surface area contributed by atoms with E-state index < -0.39 is 0 Å². The fourth-order valence-corrected chi connectivity index (χ4v) is 4.40. The summed E-state index contributed by atoms with van der Waals surface area (Å²) in [6, 6.07) is 14.2. The van der Waals surface area contributed by atoms with Crippen LogP contribution in [0.25, 0.3) is 0 Å². The number of amides is 1. The van der Waals surface area contributed by atoms with Crippen LogP contribution < -0.4 is 5.73 Å². The first-order valence-corrected chi connectivity index (χ1v) is 10.3. The lowest BCUT2D eigenvalue weighted by Gasteiger charge is -2.42. The van der Waals surface area contributed by atoms with Crippen molar-refractivity contribution in [2.45, 2.75) is 19.5 Å². The van der Waals surface area contributed by atoms with Gasteiger partial charge in [-0.1, -0.05) is 24.3 Å². The van der Waals surface area contributed by atoms with Crippen LogP contribution in [0.3, 0.4) is 0 Å². The van der Waals surface area contributed by atoms with Gasteiger partial charge in [0, 0.05) is 44.0 Å². The zero-order valence-corrected chi connectivity index (χ0v) is 16.7. The zero-order valence-electron chi connectivity index (χ0n) is 16.7. The average Bonchev–Trinajstić information content (AvgIpc) is 3.24. The highest BCUT2D eigenvalue weighted by molar-refractivity contribution is 6.09. The molecule has 0 saturated carbocycles. The van der Waals surface area contributed by atoms with Crippen LogP contribution in [0.2, 0.25) is 0 Å². The van der Waals surface area contributed by atoms with Crippen LogP contribution in [0.15, 0.2) is 64.8 Å². The molecular weight excluding hydrogens is 381 g/mol. The third kappa shape index (κ3) is 3.45. The van der Waals surface area contributed by atoms with Crippen LogP contribution in [0.5, 0.6) is 0 Å². The van der Waals surface area contributed by atoms with Crippen molar-refractivity contribution < 1.29 is 9.18 Å². The molecule has 3 heterocycles. The quantitative estimate of drug-likeness (QED) is 0.794. The van der Waals surface area contributed by atoms with Gasteiger partial charge < -0.3 is 10.6 Å². The molecule has 0 spiro atoms. The fourth-order valence-electron chi connectivity index (χ4n) is 4.40. The molecule has 0 radical (unpaired) electrons. The van der Waals surface area contributed by atoms with E-state index in [2.05, 4.69) is 14.8 Å². The molecule has 0 aromatic heterocycles. The number of fused-ring (bicyclic) bond motifs is 2. The predicted octanol–water partition coefficient (Wildman–Crippen LogP) is 2.58. The van der Waals surface area contributed by atoms with Gasteiger partial charge in [-0.05, 0) is 35.4 Å². The summed E-state index contributed by atoms with van der Waals surface area (Å²) in [6.45, 7) is 4.18. The maximum Gasteiger partial charge on any atom is 0.259 e. The lowest BCUT2D eigenvalue weighted by molar-refractivity contribution is -0.125. The van der Waals surface area contributed by atoms with Gasteiger partial charge in [-0.25, -0.2) is 4.39 Å². The normalized spacial score (nSPS) is 19.1. The predicted molar refractivity (Wildman–Crippen MR) is 114 cm³/mol. The van der Waals surface area contributed by atoms with Gasteiger partial charge in [0.05, 0.1) is 18.7 Å². The molecule has 30 heavy (non-hydrogen) atoms. The number of guanidine groups is 1. The molecule has 0 unspecified atom stereocenters. The van der Waals surface area contributed by atoms with Crippen molar-refractivity contribution in [3.05, 3.63) is 76.7 Å². The summed E-state index contributed by atoms with van der Waals surface area (Å²) >= 11 is 0. The van der Waals surface area contributed by atoms with Crippen LogP contribution in [-0.4, -0.2) is 52.7 Å². The molecule has 1 amide bonds. The largest absolute Gasteiger partial charge is 0.399 e. The van der Waals surface area contributed by atoms with Crippen molar-refractivity contribution in [1.82, 2.24) is 14.7 Å². The van der Waals surface area contributed by atoms with E-state index in [0.29, 0.717) is 19.6 Å². The van der Waals surface area contributed by atoms with Crippen molar-refractivity contribution in [3.8, 4) is 0 Å². The van der Waals surface area contributed by atoms with Crippen molar-refractivity contribution in [1.29, 1.82) is 0 Å². The Bertz CT molecular complexity index is 1030. The van der Waals surface area contributed by atoms with Crippen LogP contribution in [0.1, 0.15) is 17.5 Å². The number of nitrogens with two attached hydrogens (primary N) is 1. The van der Waals surface area contributed by atoms with Gasteiger partial charge in [0.25, 0.3) is 5.91 Å². The summed E-state index contributed by atoms with van der Waals surface area (Å²) in [5.74, 6) is 0.461. The molecule has 3 aliphatic heterocycles. The van der Waals surface area contributed by atoms with Gasteiger partial charge in [0.1, 0.15) is 5.82 Å². The number of carbonyl (C=O) groups excluding carboxylic acids is 1. The lowest BCUT2D eigenvalue weighted by atomic mass is 10.00. The SMILES string of the molecule is Nc1ccc(CN2CCC3=C(C2)C(=O)N(Cc2ccc(F)cc2)C2=NCCN23)cc1. The third-order valence-electron chi connectivity index (χ3n) is 5.92. The van der Waals surface area contributed by atoms with E-state index in [1.165, 1.54) is 17.7 Å². The number of benzene rings is 2. The van der Waals surface area contributed by atoms with Gasteiger partial charge in [0.2, 0.25) is 5.96 Å². The van der Waals surface area contributed by atoms with Gasteiger partial charge in [0.15, 0.2) is 0 Å². The smallest absolute Gasteiger partial charge is 0.259 e. The van der Waals surface area contributed by atoms with E-state index in [9.17, 15) is 9.18 Å². The highest BCUT2D eigenvalue weighted by atomic mass is 19.1. The monoisotopic (exact) mass is 405 g/mol. The first-order valence-electron chi connectivity index (χ1n) is 10.3. The second-order valence-electron chi connectivity index (χ2n) is 7.98. The molecule has 0 aliphatic carbocycles. The second-order valence-corrected chi connectivity index (χ2v) is 7.98. The Hall–Kier alpha value is -3.19. The molecule has 154 valence electrons. The minimum absolute atomic E-state index is 0.00762. The minimum Gasteiger partial charge on any atom is -0.399 e. The Morgan fingerprint density at radius 3 is 2.43 bits per heavy atom. The van der Waals surface area contributed by atoms with Crippen LogP contribution in [-0.2, 0) is 17.9 Å². The Labute approximate surface area is 175 Å². The Morgan fingerprint density at radius 1 is 0.967 bits per heavy atom. The van der Waals surface area contributed by atoms with Crippen molar-refractivity contribution in [2.75, 3.05) is 31.9 Å². The second kappa shape index (κ2) is 7.57. The molecule has 7 heteroatoms. The Balaban J connectivity index is 1.39. The highest BCUT2D eigenvalue weighted by Gasteiger charge is 2.40. The van der Waals surface area contributed by atoms with Crippen molar-refractivity contribution in [2.24, 2.45) is 4.99 Å². The highest BCUT2D eigenvalue weighted by Crippen LogP contribution is 2.32. The number of aliphatic imine (C=N–C) groups is 1. The van der Waals surface area contributed by atoms with Gasteiger partial charge in [-0.2, -0.15) is 0 Å². The molecule has 5 rings (SSSR count). The van der Waals surface area contributed by atoms with Crippen molar-refractivity contribution in [3.63, 3.8) is 0 Å². The lowest BCUT2D eigenvalue weighted by Crippen LogP contribution is -2.53. The number of rotatable bonds is 4. The first kappa shape index (κ1) is 18.8. The molecule has 2 aromatic rings. The molecule has 0 atom stereocenters. The molecule has 0 fully saturated rings. The summed E-state index contributed by atoms with van der Waals surface area (Å²) in [7, 11) is 0. The number of hydrogen-bond donors (Lipinski definition) is 1. The Morgan fingerprint density at radius 2 is 1.67 bits per heavy atom. The molecule has 3 aliphatic rings. The topological polar surface area (TPSA) is 65.2 Å². The fraction of sp³-hybridized carbons (Fsp3) is 0.304. The third-order valence-corrected chi connectivity index (χ3v) is 5.92. The summed E-state index contributed by atoms with van der Waals surface area (Å²) in [5, 5.41) is 0. The number of halogens is 1. The first-order chi connectivity index (χ1) is 14.6. The van der Waals surface area contributed by atoms with Crippen LogP contribution in [0, 0.1) is 5.82 Å². The van der Waals surface area contributed by atoms with Gasteiger partial charge in [-0.15, -0.1) is 0 Å². The molecule has 0 saturated heterocycles. The number of hydrogen-bond acceptors (Lipinski definition) is 5. The van der Waals surface area contributed by atoms with Crippen LogP contribution >= 0.6 is 0 Å². The summed E-state index contributed by atoms with van der Waals surface area (Å²) in [4.78, 5) is 24.3. The Kier molecular flexibility index (Phi) is 4.75. The number of carbonyl (C=O) groups is 1. The maximum atomic E-state index is 13.5. The summed E-state index contributed by atoms with van der Waals surface area (Å²) in [5.41, 5.74) is 10.6. The minimum atomic E-state index is -0.279. The van der Waals surface area contributed by atoms with E-state index in [4.69, 9.17) is 5.73 Å². The van der Waals surface area contributed by atoms with Gasteiger partial charge >= 0.3 is 0 Å². The van der Waals surface area contributed by atoms with Crippen LogP contribution in [0.4, 0.5) is 10.1 Å². The van der Waals surface area contributed by atoms with E-state index in [0.717, 1.165) is 54.5 Å². The average molecular weight is 405 g/mol. The number of nitrogens with zero attached hydrogens (tertiary/aromatic N) is 4. The summed E-state index contributed by atoms with van der Waals surface area (Å²) < 4.78 is 13.3. The summed E-state index contributed by atoms with van der Waals surface area (Å²) in [6.07, 6.45) is 0.833. The number of anilines is 1. The maximum absolute atomic E-state index is 13.5. The standard InChI is InChI=1S/C23H24FN5O/c24-18-5-1-17(2-6-18)14-29-22(30)20-15-27(13-16-3-7-19(25)8-4-16)11-9-21(20)28-12-10-26-23(28)29/h1-8H,9-15,25H2. The van der Waals surface area contributed by atoms with E-state index >= 15 is 0 Å². The van der Waals surface area contributed by atoms with E-state index in [1.807, 2.05) is 24.3 Å². The van der Waals surface area contributed by atoms with Crippen molar-refractivity contribution >= 4 is 17.6 Å². The number of nitrogen functional groups attached to an aromatic ring is 1. The molecule has 2 aromatic carbocycles. The molecule has 6 nitrogen and oxygen atoms in total. The molecular formula is C23H24FN5O. The zero-order chi connectivity index (χ0) is 20.7. The van der Waals surface area contributed by atoms with Gasteiger partial charge in [-0.3, -0.25) is 19.6 Å². The molecule has 2 N–H and O–H groups in total. The van der Waals surface area contributed by atoms with E-state index in [-0.39, 0.29) is 11.7 Å². The molecule has 0 bridgehead atoms. The van der Waals surface area contributed by atoms with E-state index in [1.54, 1.807) is 17.0 Å².